The summed E-state index contributed by atoms with van der Waals surface area (Å²) >= 11 is 1.30. The number of aryl methyl sites for hydroxylation is 1. The summed E-state index contributed by atoms with van der Waals surface area (Å²) in [7, 11) is 3.12. The number of nitrogens with one attached hydrogen (secondary N) is 1. The minimum atomic E-state index is -0.592. The molecule has 3 N–H and O–H groups in total. The molecular weight excluding hydrogens is 482 g/mol. The quantitative estimate of drug-likeness (QED) is 0.250. The van der Waals surface area contributed by atoms with Gasteiger partial charge in [-0.2, -0.15) is 5.10 Å². The minimum Gasteiger partial charge on any atom is -0.493 e. The van der Waals surface area contributed by atoms with E-state index in [1.165, 1.54) is 24.7 Å². The van der Waals surface area contributed by atoms with Gasteiger partial charge in [0.05, 0.1) is 25.6 Å². The van der Waals surface area contributed by atoms with E-state index in [-0.39, 0.29) is 12.5 Å². The number of nitrogens with zero attached hydrogens (tertiary/aromatic N) is 3. The zero-order chi connectivity index (χ0) is 25.7. The summed E-state index contributed by atoms with van der Waals surface area (Å²) in [6, 6.07) is 10.8. The summed E-state index contributed by atoms with van der Waals surface area (Å²) in [5, 5.41) is 4.99. The largest absolute Gasteiger partial charge is 0.493 e. The maximum Gasteiger partial charge on any atom is 0.283 e. The number of methoxy groups -OCH3 is 2. The van der Waals surface area contributed by atoms with Crippen LogP contribution in [-0.4, -0.2) is 48.4 Å². The first-order valence-electron chi connectivity index (χ1n) is 10.9. The number of nitrogens with two attached hydrogens (primary N) is 1. The Balaban J connectivity index is 1.62. The second-order valence-electron chi connectivity index (χ2n) is 7.77. The predicted octanol–water partition coefficient (Wildman–Crippen LogP) is 3.18. The van der Waals surface area contributed by atoms with Crippen LogP contribution in [-0.2, 0) is 16.1 Å². The number of fused-ring (bicyclic) bond motifs is 1. The molecule has 10 nitrogen and oxygen atoms in total. The van der Waals surface area contributed by atoms with Gasteiger partial charge in [0.15, 0.2) is 18.1 Å². The first-order chi connectivity index (χ1) is 17.4. The molecule has 0 aliphatic rings. The van der Waals surface area contributed by atoms with Crippen LogP contribution in [0, 0.1) is 6.92 Å². The number of aromatic nitrogens is 2. The van der Waals surface area contributed by atoms with Crippen LogP contribution in [0.1, 0.15) is 26.5 Å². The van der Waals surface area contributed by atoms with Crippen molar-refractivity contribution in [3.05, 3.63) is 70.5 Å². The lowest BCUT2D eigenvalue weighted by molar-refractivity contribution is -0.119. The van der Waals surface area contributed by atoms with Gasteiger partial charge in [-0.05, 0) is 54.4 Å². The Morgan fingerprint density at radius 1 is 1.19 bits per heavy atom. The summed E-state index contributed by atoms with van der Waals surface area (Å²) in [5.41, 5.74) is 10.9. The number of carbonyl (C=O) groups excluding carboxylic acids is 2. The summed E-state index contributed by atoms with van der Waals surface area (Å²) < 4.78 is 17.9. The topological polar surface area (TPSA) is 130 Å². The minimum absolute atomic E-state index is 0.265. The van der Waals surface area contributed by atoms with Gasteiger partial charge in [0, 0.05) is 30.6 Å². The second-order valence-corrected chi connectivity index (χ2v) is 8.77. The number of hydrazone groups is 1. The number of pyridine rings is 1. The van der Waals surface area contributed by atoms with Crippen molar-refractivity contribution in [3.63, 3.8) is 0 Å². The van der Waals surface area contributed by atoms with E-state index >= 15 is 0 Å². The van der Waals surface area contributed by atoms with Crippen molar-refractivity contribution in [2.75, 3.05) is 20.8 Å². The van der Waals surface area contributed by atoms with Crippen LogP contribution >= 0.6 is 11.3 Å². The van der Waals surface area contributed by atoms with Crippen LogP contribution in [0.25, 0.3) is 15.9 Å². The van der Waals surface area contributed by atoms with Gasteiger partial charge in [-0.25, -0.2) is 10.4 Å². The SMILES string of the molecule is COCc1cc(C)nc2sc(C(=O)NN=Cc3ccc(OCC(N)=O)c(OC)c3)c(-n3cccc3)c12. The van der Waals surface area contributed by atoms with Crippen LogP contribution in [0.4, 0.5) is 0 Å². The van der Waals surface area contributed by atoms with Crippen molar-refractivity contribution in [3.8, 4) is 17.2 Å². The van der Waals surface area contributed by atoms with Crippen LogP contribution < -0.4 is 20.6 Å². The van der Waals surface area contributed by atoms with Crippen LogP contribution in [0.2, 0.25) is 0 Å². The number of amides is 2. The van der Waals surface area contributed by atoms with Gasteiger partial charge in [0.1, 0.15) is 9.71 Å². The molecule has 4 aromatic rings. The molecule has 0 saturated heterocycles. The van der Waals surface area contributed by atoms with Crippen molar-refractivity contribution >= 4 is 39.6 Å². The molecule has 11 heteroatoms. The van der Waals surface area contributed by atoms with Gasteiger partial charge in [0.25, 0.3) is 11.8 Å². The lowest BCUT2D eigenvalue weighted by atomic mass is 10.1. The maximum atomic E-state index is 13.2. The van der Waals surface area contributed by atoms with E-state index in [0.717, 1.165) is 27.2 Å². The molecule has 4 rings (SSSR count). The van der Waals surface area contributed by atoms with E-state index < -0.39 is 5.91 Å². The van der Waals surface area contributed by atoms with E-state index in [4.69, 9.17) is 19.9 Å². The number of primary amides is 1. The molecule has 0 unspecified atom stereocenters. The average Bonchev–Trinajstić information content (AvgIpc) is 3.51. The highest BCUT2D eigenvalue weighted by atomic mass is 32.1. The van der Waals surface area contributed by atoms with Gasteiger partial charge < -0.3 is 24.5 Å². The summed E-state index contributed by atoms with van der Waals surface area (Å²) in [6.45, 7) is 2.04. The fourth-order valence-corrected chi connectivity index (χ4v) is 4.85. The van der Waals surface area contributed by atoms with E-state index in [9.17, 15) is 9.59 Å². The third-order valence-electron chi connectivity index (χ3n) is 5.15. The number of thiophene rings is 1. The van der Waals surface area contributed by atoms with Gasteiger partial charge >= 0.3 is 0 Å². The number of carbonyl (C=O) groups is 2. The zero-order valence-electron chi connectivity index (χ0n) is 20.0. The molecule has 0 bridgehead atoms. The molecule has 0 saturated carbocycles. The number of rotatable bonds is 10. The van der Waals surface area contributed by atoms with E-state index in [0.29, 0.717) is 28.5 Å². The molecule has 0 fully saturated rings. The standard InChI is InChI=1S/C25H25N5O5S/c1-15-10-17(13-33-2)21-22(30-8-4-5-9-30)23(36-25(21)28-15)24(32)29-27-12-16-6-7-18(19(11-16)34-3)35-14-20(26)31/h4-12H,13-14H2,1-3H3,(H2,26,31)(H,29,32). The van der Waals surface area contributed by atoms with E-state index in [2.05, 4.69) is 15.5 Å². The Morgan fingerprint density at radius 2 is 1.97 bits per heavy atom. The molecule has 36 heavy (non-hydrogen) atoms. The highest BCUT2D eigenvalue weighted by Gasteiger charge is 2.23. The monoisotopic (exact) mass is 507 g/mol. The van der Waals surface area contributed by atoms with E-state index in [1.54, 1.807) is 25.3 Å². The fraction of sp³-hybridized carbons (Fsp3) is 0.200. The normalized spacial score (nSPS) is 11.2. The Kier molecular flexibility index (Phi) is 7.62. The van der Waals surface area contributed by atoms with Crippen molar-refractivity contribution in [2.24, 2.45) is 10.8 Å². The van der Waals surface area contributed by atoms with Gasteiger partial charge in [-0.1, -0.05) is 0 Å². The Bertz CT molecular complexity index is 1430. The molecule has 0 aliphatic heterocycles. The van der Waals surface area contributed by atoms with E-state index in [1.807, 2.05) is 42.1 Å². The highest BCUT2D eigenvalue weighted by molar-refractivity contribution is 7.21. The molecule has 0 radical (unpaired) electrons. The van der Waals surface area contributed by atoms with Crippen LogP contribution in [0.5, 0.6) is 11.5 Å². The van der Waals surface area contributed by atoms with Crippen molar-refractivity contribution in [2.45, 2.75) is 13.5 Å². The Hall–Kier alpha value is -4.22. The van der Waals surface area contributed by atoms with Crippen molar-refractivity contribution in [1.29, 1.82) is 0 Å². The lowest BCUT2D eigenvalue weighted by Gasteiger charge is -2.10. The number of hydrogen-bond donors (Lipinski definition) is 2. The molecule has 0 aliphatic carbocycles. The molecule has 3 heterocycles. The highest BCUT2D eigenvalue weighted by Crippen LogP contribution is 2.36. The van der Waals surface area contributed by atoms with Crippen LogP contribution in [0.15, 0.2) is 53.9 Å². The smallest absolute Gasteiger partial charge is 0.283 e. The first kappa shape index (κ1) is 24.9. The maximum absolute atomic E-state index is 13.2. The predicted molar refractivity (Wildman–Crippen MR) is 137 cm³/mol. The third-order valence-corrected chi connectivity index (χ3v) is 6.22. The van der Waals surface area contributed by atoms with Gasteiger partial charge in [-0.15, -0.1) is 11.3 Å². The summed E-state index contributed by atoms with van der Waals surface area (Å²) in [4.78, 5) is 30.1. The molecule has 3 aromatic heterocycles. The number of benzene rings is 1. The molecule has 2 amide bonds. The molecule has 0 spiro atoms. The summed E-state index contributed by atoms with van der Waals surface area (Å²) in [5.74, 6) is -0.190. The van der Waals surface area contributed by atoms with Gasteiger partial charge in [0.2, 0.25) is 0 Å². The number of ether oxygens (including phenoxy) is 3. The molecule has 1 aromatic carbocycles. The second kappa shape index (κ2) is 11.0. The molecule has 186 valence electrons. The first-order valence-corrected chi connectivity index (χ1v) is 11.7. The van der Waals surface area contributed by atoms with Crippen LogP contribution in [0.3, 0.4) is 0 Å². The lowest BCUT2D eigenvalue weighted by Crippen LogP contribution is -2.20. The third kappa shape index (κ3) is 5.37. The van der Waals surface area contributed by atoms with Gasteiger partial charge in [-0.3, -0.25) is 9.59 Å². The van der Waals surface area contributed by atoms with Crippen molar-refractivity contribution < 1.29 is 23.8 Å². The molecular formula is C25H25N5O5S. The summed E-state index contributed by atoms with van der Waals surface area (Å²) in [6.07, 6.45) is 5.25. The molecule has 0 atom stereocenters. The Labute approximate surface area is 211 Å². The fourth-order valence-electron chi connectivity index (χ4n) is 3.70. The zero-order valence-corrected chi connectivity index (χ0v) is 20.8. The Morgan fingerprint density at radius 3 is 2.67 bits per heavy atom. The van der Waals surface area contributed by atoms with Crippen molar-refractivity contribution in [1.82, 2.24) is 15.0 Å². The number of hydrogen-bond acceptors (Lipinski definition) is 8. The average molecular weight is 508 g/mol.